The average molecular weight is 421 g/mol. The molecule has 1 aromatic carbocycles. The van der Waals surface area contributed by atoms with Crippen molar-refractivity contribution in [3.8, 4) is 11.3 Å². The molecule has 6 heteroatoms. The fraction of sp³-hybridized carbons (Fsp3) is 0.400. The molecule has 0 radical (unpaired) electrons. The van der Waals surface area contributed by atoms with Crippen LogP contribution in [0.25, 0.3) is 11.3 Å². The smallest absolute Gasteiger partial charge is 0.255 e. The number of rotatable bonds is 4. The van der Waals surface area contributed by atoms with E-state index in [2.05, 4.69) is 48.0 Å². The lowest BCUT2D eigenvalue weighted by Crippen LogP contribution is -2.45. The highest BCUT2D eigenvalue weighted by atomic mass is 16.5. The zero-order chi connectivity index (χ0) is 22.4. The summed E-state index contributed by atoms with van der Waals surface area (Å²) >= 11 is 0. The van der Waals surface area contributed by atoms with Crippen LogP contribution in [-0.2, 0) is 18.2 Å². The van der Waals surface area contributed by atoms with E-state index in [0.29, 0.717) is 24.7 Å². The third-order valence-corrected chi connectivity index (χ3v) is 5.36. The number of morpholine rings is 1. The Bertz CT molecular complexity index is 1050. The van der Waals surface area contributed by atoms with Crippen molar-refractivity contribution in [3.05, 3.63) is 76.3 Å². The first kappa shape index (κ1) is 22.7. The van der Waals surface area contributed by atoms with Crippen molar-refractivity contribution in [3.63, 3.8) is 0 Å². The van der Waals surface area contributed by atoms with E-state index in [1.807, 2.05) is 26.0 Å². The Hall–Kier alpha value is -2.99. The molecule has 31 heavy (non-hydrogen) atoms. The molecule has 0 spiro atoms. The molecule has 0 saturated carbocycles. The first-order valence-corrected chi connectivity index (χ1v) is 11.0. The molecule has 1 aliphatic heterocycles. The number of pyridine rings is 1. The number of anilines is 1. The van der Waals surface area contributed by atoms with Crippen LogP contribution in [0.15, 0.2) is 59.7 Å². The largest absolute Gasteiger partial charge is 0.367 e. The highest BCUT2D eigenvalue weighted by Crippen LogP contribution is 2.29. The molecule has 1 aliphatic rings. The van der Waals surface area contributed by atoms with Gasteiger partial charge in [-0.2, -0.15) is 0 Å². The van der Waals surface area contributed by atoms with Gasteiger partial charge in [-0.05, 0) is 36.6 Å². The minimum atomic E-state index is -0.0783. The van der Waals surface area contributed by atoms with Crippen LogP contribution in [0.2, 0.25) is 0 Å². The van der Waals surface area contributed by atoms with Gasteiger partial charge < -0.3 is 9.64 Å². The summed E-state index contributed by atoms with van der Waals surface area (Å²) in [5, 5.41) is 0. The van der Waals surface area contributed by atoms with Crippen LogP contribution in [0.4, 0.5) is 5.95 Å². The Kier molecular flexibility index (Phi) is 7.58. The van der Waals surface area contributed by atoms with Crippen molar-refractivity contribution in [2.45, 2.75) is 46.3 Å². The van der Waals surface area contributed by atoms with Gasteiger partial charge in [0.25, 0.3) is 5.56 Å². The molecule has 0 amide bonds. The van der Waals surface area contributed by atoms with Gasteiger partial charge in [0, 0.05) is 37.6 Å². The van der Waals surface area contributed by atoms with E-state index in [-0.39, 0.29) is 17.8 Å². The molecule has 6 nitrogen and oxygen atoms in total. The van der Waals surface area contributed by atoms with Gasteiger partial charge in [-0.25, -0.2) is 4.98 Å². The lowest BCUT2D eigenvalue weighted by molar-refractivity contribution is -0.0180. The molecule has 164 valence electrons. The minimum absolute atomic E-state index is 0.0283. The maximum atomic E-state index is 12.6. The molecule has 2 aromatic heterocycles. The molecule has 2 atom stereocenters. The maximum Gasteiger partial charge on any atom is 0.255 e. The molecule has 1 fully saturated rings. The Morgan fingerprint density at radius 3 is 2.55 bits per heavy atom. The fourth-order valence-corrected chi connectivity index (χ4v) is 3.79. The monoisotopic (exact) mass is 420 g/mol. The standard InChI is InChI=1S/C23H26N4O2.C2H6/c1-4-17-6-5-7-19(12-17)21-15-27(14-16(2)29-21)23-25-20(13-22(28)26(23)3)18-8-10-24-11-9-18;1-2/h5-13,16,21H,4,14-15H2,1-3H3;1-2H3. The van der Waals surface area contributed by atoms with Gasteiger partial charge in [-0.1, -0.05) is 45.0 Å². The summed E-state index contributed by atoms with van der Waals surface area (Å²) in [7, 11) is 1.77. The van der Waals surface area contributed by atoms with Crippen LogP contribution in [0.3, 0.4) is 0 Å². The summed E-state index contributed by atoms with van der Waals surface area (Å²) in [6.45, 7) is 9.55. The molecule has 4 rings (SSSR count). The van der Waals surface area contributed by atoms with Crippen LogP contribution in [0.1, 0.15) is 44.9 Å². The van der Waals surface area contributed by atoms with Crippen molar-refractivity contribution in [1.29, 1.82) is 0 Å². The predicted molar refractivity (Wildman–Crippen MR) is 125 cm³/mol. The summed E-state index contributed by atoms with van der Waals surface area (Å²) < 4.78 is 7.86. The van der Waals surface area contributed by atoms with Crippen LogP contribution < -0.4 is 10.5 Å². The van der Waals surface area contributed by atoms with Gasteiger partial charge in [-0.15, -0.1) is 0 Å². The van der Waals surface area contributed by atoms with Crippen LogP contribution in [0.5, 0.6) is 0 Å². The van der Waals surface area contributed by atoms with Crippen molar-refractivity contribution >= 4 is 5.95 Å². The average Bonchev–Trinajstić information content (AvgIpc) is 2.82. The summed E-state index contributed by atoms with van der Waals surface area (Å²) in [6.07, 6.45) is 4.38. The molecule has 1 saturated heterocycles. The number of nitrogens with zero attached hydrogens (tertiary/aromatic N) is 4. The normalized spacial score (nSPS) is 18.3. The van der Waals surface area contributed by atoms with Crippen LogP contribution in [-0.4, -0.2) is 33.7 Å². The Morgan fingerprint density at radius 2 is 1.84 bits per heavy atom. The Morgan fingerprint density at radius 1 is 1.10 bits per heavy atom. The summed E-state index contributed by atoms with van der Waals surface area (Å²) in [4.78, 5) is 23.7. The van der Waals surface area contributed by atoms with Crippen molar-refractivity contribution < 1.29 is 4.74 Å². The van der Waals surface area contributed by atoms with E-state index < -0.39 is 0 Å². The van der Waals surface area contributed by atoms with Gasteiger partial charge in [0.2, 0.25) is 5.95 Å². The molecular formula is C25H32N4O2. The second-order valence-electron chi connectivity index (χ2n) is 7.51. The molecule has 3 aromatic rings. The molecule has 0 aliphatic carbocycles. The minimum Gasteiger partial charge on any atom is -0.367 e. The van der Waals surface area contributed by atoms with E-state index in [1.54, 1.807) is 30.1 Å². The third kappa shape index (κ3) is 5.20. The number of ether oxygens (including phenoxy) is 1. The number of benzene rings is 1. The van der Waals surface area contributed by atoms with Gasteiger partial charge >= 0.3 is 0 Å². The zero-order valence-corrected chi connectivity index (χ0v) is 19.1. The van der Waals surface area contributed by atoms with E-state index in [0.717, 1.165) is 17.5 Å². The second kappa shape index (κ2) is 10.4. The first-order valence-electron chi connectivity index (χ1n) is 11.0. The quantitative estimate of drug-likeness (QED) is 0.626. The van der Waals surface area contributed by atoms with Crippen LogP contribution >= 0.6 is 0 Å². The van der Waals surface area contributed by atoms with Crippen molar-refractivity contribution in [2.75, 3.05) is 18.0 Å². The van der Waals surface area contributed by atoms with Gasteiger partial charge in [0.1, 0.15) is 6.10 Å². The molecule has 3 heterocycles. The Balaban J connectivity index is 0.00000132. The maximum absolute atomic E-state index is 12.6. The SMILES string of the molecule is CC.CCc1cccc(C2CN(c3nc(-c4ccncc4)cc(=O)n3C)CC(C)O2)c1. The summed E-state index contributed by atoms with van der Waals surface area (Å²) in [5.41, 5.74) is 3.92. The van der Waals surface area contributed by atoms with Gasteiger partial charge in [0.15, 0.2) is 0 Å². The van der Waals surface area contributed by atoms with E-state index in [1.165, 1.54) is 5.56 Å². The van der Waals surface area contributed by atoms with Crippen LogP contribution in [0, 0.1) is 0 Å². The third-order valence-electron chi connectivity index (χ3n) is 5.36. The number of hydrogen-bond acceptors (Lipinski definition) is 5. The molecule has 0 bridgehead atoms. The molecular weight excluding hydrogens is 388 g/mol. The predicted octanol–water partition coefficient (Wildman–Crippen LogP) is 4.40. The first-order chi connectivity index (χ1) is 15.0. The number of aromatic nitrogens is 3. The van der Waals surface area contributed by atoms with Crippen molar-refractivity contribution in [2.24, 2.45) is 7.05 Å². The molecule has 2 unspecified atom stereocenters. The Labute approximate surface area is 184 Å². The summed E-state index contributed by atoms with van der Waals surface area (Å²) in [5.74, 6) is 0.663. The lowest BCUT2D eigenvalue weighted by Gasteiger charge is -2.38. The number of hydrogen-bond donors (Lipinski definition) is 0. The van der Waals surface area contributed by atoms with Gasteiger partial charge in [-0.3, -0.25) is 14.3 Å². The van der Waals surface area contributed by atoms with Gasteiger partial charge in [0.05, 0.1) is 18.3 Å². The van der Waals surface area contributed by atoms with E-state index in [9.17, 15) is 4.79 Å². The lowest BCUT2D eigenvalue weighted by atomic mass is 10.0. The zero-order valence-electron chi connectivity index (χ0n) is 19.1. The van der Waals surface area contributed by atoms with E-state index in [4.69, 9.17) is 9.72 Å². The highest BCUT2D eigenvalue weighted by molar-refractivity contribution is 5.59. The summed E-state index contributed by atoms with van der Waals surface area (Å²) in [6, 6.07) is 13.8. The molecule has 0 N–H and O–H groups in total. The topological polar surface area (TPSA) is 60.2 Å². The van der Waals surface area contributed by atoms with E-state index >= 15 is 0 Å². The fourth-order valence-electron chi connectivity index (χ4n) is 3.79. The number of aryl methyl sites for hydroxylation is 1. The second-order valence-corrected chi connectivity index (χ2v) is 7.51. The van der Waals surface area contributed by atoms with Crippen molar-refractivity contribution in [1.82, 2.24) is 14.5 Å². The highest BCUT2D eigenvalue weighted by Gasteiger charge is 2.29.